The Hall–Kier alpha value is -2.99. The van der Waals surface area contributed by atoms with Crippen LogP contribution in [0.15, 0.2) is 83.3 Å². The molecule has 3 rings (SSSR count). The van der Waals surface area contributed by atoms with Crippen molar-refractivity contribution in [2.24, 2.45) is 0 Å². The number of non-ortho nitro benzene ring substituents is 1. The standard InChI is InChI=1S/C20H15BrN2O3/c21-17-10-6-15(7-11-17)19(14-4-2-1-3-5-14)22-20(24)16-8-12-18(13-9-16)23(25)26/h1-13,19H,(H,22,24)/t19-/m0/s1. The summed E-state index contributed by atoms with van der Waals surface area (Å²) < 4.78 is 0.953. The van der Waals surface area contributed by atoms with Gasteiger partial charge in [-0.1, -0.05) is 58.4 Å². The molecule has 1 atom stereocenters. The third kappa shape index (κ3) is 4.15. The second-order valence-electron chi connectivity index (χ2n) is 5.67. The molecule has 1 amide bonds. The van der Waals surface area contributed by atoms with Gasteiger partial charge in [-0.2, -0.15) is 0 Å². The van der Waals surface area contributed by atoms with Gasteiger partial charge in [0.2, 0.25) is 0 Å². The van der Waals surface area contributed by atoms with Crippen LogP contribution in [0.3, 0.4) is 0 Å². The summed E-state index contributed by atoms with van der Waals surface area (Å²) in [5.41, 5.74) is 2.21. The van der Waals surface area contributed by atoms with Crippen LogP contribution in [0.1, 0.15) is 27.5 Å². The maximum absolute atomic E-state index is 12.7. The van der Waals surface area contributed by atoms with Crippen LogP contribution < -0.4 is 5.32 Å². The first-order valence-corrected chi connectivity index (χ1v) is 8.69. The van der Waals surface area contributed by atoms with Gasteiger partial charge >= 0.3 is 0 Å². The minimum absolute atomic E-state index is 0.0472. The van der Waals surface area contributed by atoms with E-state index >= 15 is 0 Å². The molecule has 0 bridgehead atoms. The molecule has 26 heavy (non-hydrogen) atoms. The highest BCUT2D eigenvalue weighted by molar-refractivity contribution is 9.10. The number of amides is 1. The zero-order chi connectivity index (χ0) is 18.5. The Balaban J connectivity index is 1.89. The fourth-order valence-corrected chi connectivity index (χ4v) is 2.87. The zero-order valence-electron chi connectivity index (χ0n) is 13.6. The number of nitro benzene ring substituents is 1. The highest BCUT2D eigenvalue weighted by Crippen LogP contribution is 2.24. The minimum atomic E-state index is -0.490. The van der Waals surface area contributed by atoms with Crippen LogP contribution in [0.4, 0.5) is 5.69 Å². The summed E-state index contributed by atoms with van der Waals surface area (Å²) in [4.78, 5) is 22.9. The number of nitrogens with zero attached hydrogens (tertiary/aromatic N) is 1. The molecule has 0 unspecified atom stereocenters. The molecule has 1 N–H and O–H groups in total. The van der Waals surface area contributed by atoms with Crippen LogP contribution in [0.2, 0.25) is 0 Å². The molecule has 0 aromatic heterocycles. The van der Waals surface area contributed by atoms with Gasteiger partial charge in [0.1, 0.15) is 0 Å². The lowest BCUT2D eigenvalue weighted by molar-refractivity contribution is -0.384. The molecule has 0 heterocycles. The van der Waals surface area contributed by atoms with E-state index in [2.05, 4.69) is 21.2 Å². The van der Waals surface area contributed by atoms with Gasteiger partial charge in [0.05, 0.1) is 11.0 Å². The first-order valence-electron chi connectivity index (χ1n) is 7.90. The van der Waals surface area contributed by atoms with E-state index in [1.807, 2.05) is 54.6 Å². The number of hydrogen-bond donors (Lipinski definition) is 1. The highest BCUT2D eigenvalue weighted by atomic mass is 79.9. The summed E-state index contributed by atoms with van der Waals surface area (Å²) >= 11 is 3.41. The van der Waals surface area contributed by atoms with E-state index in [0.717, 1.165) is 15.6 Å². The number of nitro groups is 1. The van der Waals surface area contributed by atoms with Gasteiger partial charge in [-0.3, -0.25) is 14.9 Å². The molecule has 0 radical (unpaired) electrons. The number of halogens is 1. The van der Waals surface area contributed by atoms with Gasteiger partial charge in [-0.25, -0.2) is 0 Å². The lowest BCUT2D eigenvalue weighted by atomic mass is 9.98. The van der Waals surface area contributed by atoms with Crippen molar-refractivity contribution in [1.29, 1.82) is 0 Å². The Kier molecular flexibility index (Phi) is 5.43. The van der Waals surface area contributed by atoms with E-state index in [4.69, 9.17) is 0 Å². The highest BCUT2D eigenvalue weighted by Gasteiger charge is 2.18. The van der Waals surface area contributed by atoms with Crippen LogP contribution in [-0.2, 0) is 0 Å². The van der Waals surface area contributed by atoms with E-state index < -0.39 is 4.92 Å². The molecule has 0 spiro atoms. The van der Waals surface area contributed by atoms with Crippen LogP contribution in [0.25, 0.3) is 0 Å². The predicted octanol–water partition coefficient (Wildman–Crippen LogP) is 4.88. The van der Waals surface area contributed by atoms with Crippen LogP contribution in [0, 0.1) is 10.1 Å². The molecule has 0 saturated carbocycles. The van der Waals surface area contributed by atoms with Gasteiger partial charge in [0, 0.05) is 22.2 Å². The third-order valence-corrected chi connectivity index (χ3v) is 4.48. The lowest BCUT2D eigenvalue weighted by Crippen LogP contribution is -2.29. The number of carbonyl (C=O) groups is 1. The van der Waals surface area contributed by atoms with E-state index in [1.54, 1.807) is 0 Å². The number of carbonyl (C=O) groups excluding carboxylic acids is 1. The molecule has 6 heteroatoms. The van der Waals surface area contributed by atoms with Crippen molar-refractivity contribution in [3.05, 3.63) is 110 Å². The first-order chi connectivity index (χ1) is 12.5. The Labute approximate surface area is 159 Å². The molecule has 0 aliphatic heterocycles. The second kappa shape index (κ2) is 7.93. The van der Waals surface area contributed by atoms with Crippen molar-refractivity contribution in [3.63, 3.8) is 0 Å². The first kappa shape index (κ1) is 17.8. The Bertz CT molecular complexity index is 910. The zero-order valence-corrected chi connectivity index (χ0v) is 15.2. The van der Waals surface area contributed by atoms with Gasteiger partial charge < -0.3 is 5.32 Å². The predicted molar refractivity (Wildman–Crippen MR) is 103 cm³/mol. The molecular formula is C20H15BrN2O3. The SMILES string of the molecule is O=C(N[C@@H](c1ccccc1)c1ccc(Br)cc1)c1ccc([N+](=O)[O-])cc1. The van der Waals surface area contributed by atoms with Crippen molar-refractivity contribution < 1.29 is 9.72 Å². The van der Waals surface area contributed by atoms with Crippen molar-refractivity contribution in [3.8, 4) is 0 Å². The summed E-state index contributed by atoms with van der Waals surface area (Å²) in [5, 5.41) is 13.8. The molecule has 3 aromatic rings. The van der Waals surface area contributed by atoms with Crippen molar-refractivity contribution in [1.82, 2.24) is 5.32 Å². The molecule has 0 saturated heterocycles. The smallest absolute Gasteiger partial charge is 0.269 e. The number of nitrogens with one attached hydrogen (secondary N) is 1. The van der Waals surface area contributed by atoms with Crippen LogP contribution in [-0.4, -0.2) is 10.8 Å². The molecule has 0 aliphatic rings. The number of hydrogen-bond acceptors (Lipinski definition) is 3. The third-order valence-electron chi connectivity index (χ3n) is 3.95. The summed E-state index contributed by atoms with van der Waals surface area (Å²) in [6.45, 7) is 0. The van der Waals surface area contributed by atoms with Crippen LogP contribution in [0.5, 0.6) is 0 Å². The second-order valence-corrected chi connectivity index (χ2v) is 6.59. The van der Waals surface area contributed by atoms with Gasteiger partial charge in [-0.15, -0.1) is 0 Å². The lowest BCUT2D eigenvalue weighted by Gasteiger charge is -2.20. The molecule has 0 aliphatic carbocycles. The van der Waals surface area contributed by atoms with E-state index in [1.165, 1.54) is 24.3 Å². The van der Waals surface area contributed by atoms with Gasteiger partial charge in [0.15, 0.2) is 0 Å². The van der Waals surface area contributed by atoms with E-state index in [9.17, 15) is 14.9 Å². The number of benzene rings is 3. The van der Waals surface area contributed by atoms with Crippen molar-refractivity contribution in [2.75, 3.05) is 0 Å². The average molecular weight is 411 g/mol. The summed E-state index contributed by atoms with van der Waals surface area (Å²) in [6, 6.07) is 22.6. The van der Waals surface area contributed by atoms with E-state index in [-0.39, 0.29) is 17.6 Å². The molecular weight excluding hydrogens is 396 g/mol. The van der Waals surface area contributed by atoms with Crippen LogP contribution >= 0.6 is 15.9 Å². The normalized spacial score (nSPS) is 11.6. The monoisotopic (exact) mass is 410 g/mol. The molecule has 130 valence electrons. The maximum atomic E-state index is 12.7. The Morgan fingerprint density at radius 1 is 0.885 bits per heavy atom. The fraction of sp³-hybridized carbons (Fsp3) is 0.0500. The summed E-state index contributed by atoms with van der Waals surface area (Å²) in [6.07, 6.45) is 0. The van der Waals surface area contributed by atoms with Crippen molar-refractivity contribution in [2.45, 2.75) is 6.04 Å². The van der Waals surface area contributed by atoms with E-state index in [0.29, 0.717) is 5.56 Å². The molecule has 5 nitrogen and oxygen atoms in total. The van der Waals surface area contributed by atoms with Gasteiger partial charge in [-0.05, 0) is 35.4 Å². The Morgan fingerprint density at radius 3 is 2.04 bits per heavy atom. The Morgan fingerprint density at radius 2 is 1.46 bits per heavy atom. The average Bonchev–Trinajstić information content (AvgIpc) is 2.67. The number of rotatable bonds is 5. The van der Waals surface area contributed by atoms with Gasteiger partial charge in [0.25, 0.3) is 11.6 Å². The summed E-state index contributed by atoms with van der Waals surface area (Å²) in [5.74, 6) is -0.295. The molecule has 3 aromatic carbocycles. The fourth-order valence-electron chi connectivity index (χ4n) is 2.61. The summed E-state index contributed by atoms with van der Waals surface area (Å²) in [7, 11) is 0. The minimum Gasteiger partial charge on any atom is -0.341 e. The largest absolute Gasteiger partial charge is 0.341 e. The maximum Gasteiger partial charge on any atom is 0.269 e. The quantitative estimate of drug-likeness (QED) is 0.481. The van der Waals surface area contributed by atoms with Crippen molar-refractivity contribution >= 4 is 27.5 Å². The topological polar surface area (TPSA) is 72.2 Å². The molecule has 0 fully saturated rings.